The summed E-state index contributed by atoms with van der Waals surface area (Å²) in [7, 11) is 0. The molecule has 1 rings (SSSR count). The normalized spacial score (nSPS) is 22.8. The number of nitrogens with one attached hydrogen (secondary N) is 1. The molecule has 2 nitrogen and oxygen atoms in total. The molecule has 0 heterocycles. The highest BCUT2D eigenvalue weighted by Crippen LogP contribution is 2.41. The smallest absolute Gasteiger partial charge is 0.0616 e. The Hall–Kier alpha value is -0.0800. The van der Waals surface area contributed by atoms with E-state index in [-0.39, 0.29) is 12.1 Å². The van der Waals surface area contributed by atoms with E-state index in [1.807, 2.05) is 0 Å². The van der Waals surface area contributed by atoms with E-state index in [9.17, 15) is 5.11 Å². The van der Waals surface area contributed by atoms with E-state index >= 15 is 0 Å². The van der Waals surface area contributed by atoms with Crippen LogP contribution in [-0.2, 0) is 0 Å². The van der Waals surface area contributed by atoms with E-state index in [1.54, 1.807) is 0 Å². The topological polar surface area (TPSA) is 32.3 Å². The summed E-state index contributed by atoms with van der Waals surface area (Å²) in [5, 5.41) is 12.9. The molecule has 12 heavy (non-hydrogen) atoms. The van der Waals surface area contributed by atoms with Gasteiger partial charge in [-0.3, -0.25) is 0 Å². The molecule has 1 saturated carbocycles. The number of aliphatic hydroxyl groups excluding tert-OH is 1. The molecule has 1 aliphatic carbocycles. The Bertz CT molecular complexity index is 137. The first kappa shape index (κ1) is 10.0. The van der Waals surface area contributed by atoms with Gasteiger partial charge in [-0.15, -0.1) is 0 Å². The quantitative estimate of drug-likeness (QED) is 0.657. The minimum atomic E-state index is 0.0220. The van der Waals surface area contributed by atoms with Gasteiger partial charge in [-0.1, -0.05) is 20.8 Å². The first-order valence-electron chi connectivity index (χ1n) is 5.03. The lowest BCUT2D eigenvalue weighted by Gasteiger charge is -2.34. The highest BCUT2D eigenvalue weighted by Gasteiger charge is 2.43. The molecule has 0 saturated heterocycles. The molecule has 0 amide bonds. The number of hydrogen-bond acceptors (Lipinski definition) is 2. The van der Waals surface area contributed by atoms with Gasteiger partial charge < -0.3 is 10.4 Å². The molecule has 1 atom stereocenters. The second kappa shape index (κ2) is 3.75. The standard InChI is InChI=1S/C10H21NO/c1-4-10(7-12,9-5-6-9)11-8(2)3/h8-9,11-12H,4-7H2,1-3H3. The van der Waals surface area contributed by atoms with Gasteiger partial charge in [-0.25, -0.2) is 0 Å². The molecule has 0 aromatic heterocycles. The highest BCUT2D eigenvalue weighted by molar-refractivity contribution is 5.00. The summed E-state index contributed by atoms with van der Waals surface area (Å²) in [4.78, 5) is 0. The van der Waals surface area contributed by atoms with Crippen molar-refractivity contribution in [1.29, 1.82) is 0 Å². The fraction of sp³-hybridized carbons (Fsp3) is 1.00. The Morgan fingerprint density at radius 3 is 2.33 bits per heavy atom. The third-order valence-electron chi connectivity index (χ3n) is 2.85. The number of aliphatic hydroxyl groups is 1. The van der Waals surface area contributed by atoms with Crippen LogP contribution in [0.5, 0.6) is 0 Å². The van der Waals surface area contributed by atoms with Crippen molar-refractivity contribution in [2.75, 3.05) is 6.61 Å². The zero-order chi connectivity index (χ0) is 9.19. The van der Waals surface area contributed by atoms with Crippen molar-refractivity contribution in [1.82, 2.24) is 5.32 Å². The molecule has 0 spiro atoms. The van der Waals surface area contributed by atoms with Gasteiger partial charge >= 0.3 is 0 Å². The minimum Gasteiger partial charge on any atom is -0.394 e. The predicted molar refractivity (Wildman–Crippen MR) is 51.1 cm³/mol. The zero-order valence-corrected chi connectivity index (χ0v) is 8.43. The molecule has 72 valence electrons. The van der Waals surface area contributed by atoms with Crippen molar-refractivity contribution in [3.8, 4) is 0 Å². The molecular weight excluding hydrogens is 150 g/mol. The molecule has 1 aliphatic rings. The van der Waals surface area contributed by atoms with Crippen molar-refractivity contribution in [2.24, 2.45) is 5.92 Å². The minimum absolute atomic E-state index is 0.0220. The lowest BCUT2D eigenvalue weighted by molar-refractivity contribution is 0.126. The van der Waals surface area contributed by atoms with E-state index in [4.69, 9.17) is 0 Å². The Labute approximate surface area is 75.4 Å². The third-order valence-corrected chi connectivity index (χ3v) is 2.85. The Kier molecular flexibility index (Phi) is 3.13. The van der Waals surface area contributed by atoms with Crippen LogP contribution in [0.3, 0.4) is 0 Å². The third kappa shape index (κ3) is 1.99. The van der Waals surface area contributed by atoms with Gasteiger partial charge in [-0.2, -0.15) is 0 Å². The van der Waals surface area contributed by atoms with Crippen molar-refractivity contribution < 1.29 is 5.11 Å². The molecule has 2 heteroatoms. The SMILES string of the molecule is CCC(CO)(NC(C)C)C1CC1. The van der Waals surface area contributed by atoms with Crippen LogP contribution >= 0.6 is 0 Å². The van der Waals surface area contributed by atoms with Gasteiger partial charge in [0, 0.05) is 11.6 Å². The van der Waals surface area contributed by atoms with Gasteiger partial charge in [-0.05, 0) is 25.2 Å². The van der Waals surface area contributed by atoms with Crippen LogP contribution in [0.25, 0.3) is 0 Å². The van der Waals surface area contributed by atoms with Crippen LogP contribution in [-0.4, -0.2) is 23.3 Å². The van der Waals surface area contributed by atoms with Crippen LogP contribution in [0.4, 0.5) is 0 Å². The number of rotatable bonds is 5. The molecule has 0 radical (unpaired) electrons. The van der Waals surface area contributed by atoms with Crippen LogP contribution in [0.15, 0.2) is 0 Å². The molecule has 0 aliphatic heterocycles. The summed E-state index contributed by atoms with van der Waals surface area (Å²) in [6.45, 7) is 6.72. The largest absolute Gasteiger partial charge is 0.394 e. The van der Waals surface area contributed by atoms with Crippen LogP contribution in [0.1, 0.15) is 40.0 Å². The van der Waals surface area contributed by atoms with Crippen LogP contribution in [0.2, 0.25) is 0 Å². The average molecular weight is 171 g/mol. The maximum Gasteiger partial charge on any atom is 0.0616 e. The van der Waals surface area contributed by atoms with Crippen LogP contribution in [0, 0.1) is 5.92 Å². The second-order valence-electron chi connectivity index (χ2n) is 4.24. The molecule has 0 aromatic rings. The van der Waals surface area contributed by atoms with Gasteiger partial charge in [0.05, 0.1) is 6.61 Å². The lowest BCUT2D eigenvalue weighted by Crippen LogP contribution is -2.52. The summed E-state index contributed by atoms with van der Waals surface area (Å²) in [5.74, 6) is 0.717. The predicted octanol–water partition coefficient (Wildman–Crippen LogP) is 1.54. The molecule has 1 unspecified atom stereocenters. The lowest BCUT2D eigenvalue weighted by atomic mass is 9.90. The average Bonchev–Trinajstić information content (AvgIpc) is 2.82. The fourth-order valence-corrected chi connectivity index (χ4v) is 2.01. The Morgan fingerprint density at radius 2 is 2.08 bits per heavy atom. The van der Waals surface area contributed by atoms with Crippen molar-refractivity contribution in [3.63, 3.8) is 0 Å². The Balaban J connectivity index is 2.55. The first-order chi connectivity index (χ1) is 5.64. The first-order valence-corrected chi connectivity index (χ1v) is 5.03. The highest BCUT2D eigenvalue weighted by atomic mass is 16.3. The second-order valence-corrected chi connectivity index (χ2v) is 4.24. The maximum absolute atomic E-state index is 9.37. The van der Waals surface area contributed by atoms with Crippen molar-refractivity contribution in [3.05, 3.63) is 0 Å². The fourth-order valence-electron chi connectivity index (χ4n) is 2.01. The van der Waals surface area contributed by atoms with E-state index < -0.39 is 0 Å². The molecular formula is C10H21NO. The van der Waals surface area contributed by atoms with E-state index in [0.717, 1.165) is 12.3 Å². The monoisotopic (exact) mass is 171 g/mol. The number of hydrogen-bond donors (Lipinski definition) is 2. The van der Waals surface area contributed by atoms with Gasteiger partial charge in [0.15, 0.2) is 0 Å². The summed E-state index contributed by atoms with van der Waals surface area (Å²) < 4.78 is 0. The molecule has 2 N–H and O–H groups in total. The summed E-state index contributed by atoms with van der Waals surface area (Å²) >= 11 is 0. The Morgan fingerprint density at radius 1 is 1.50 bits per heavy atom. The molecule has 1 fully saturated rings. The van der Waals surface area contributed by atoms with Gasteiger partial charge in [0.2, 0.25) is 0 Å². The summed E-state index contributed by atoms with van der Waals surface area (Å²) in [6, 6.07) is 0.470. The van der Waals surface area contributed by atoms with E-state index in [2.05, 4.69) is 26.1 Å². The van der Waals surface area contributed by atoms with E-state index in [0.29, 0.717) is 6.04 Å². The molecule has 0 bridgehead atoms. The van der Waals surface area contributed by atoms with Gasteiger partial charge in [0.1, 0.15) is 0 Å². The maximum atomic E-state index is 9.37. The van der Waals surface area contributed by atoms with E-state index in [1.165, 1.54) is 12.8 Å². The zero-order valence-electron chi connectivity index (χ0n) is 8.43. The van der Waals surface area contributed by atoms with Crippen molar-refractivity contribution in [2.45, 2.75) is 51.6 Å². The summed E-state index contributed by atoms with van der Waals surface area (Å²) in [6.07, 6.45) is 3.61. The van der Waals surface area contributed by atoms with Gasteiger partial charge in [0.25, 0.3) is 0 Å². The van der Waals surface area contributed by atoms with Crippen molar-refractivity contribution >= 4 is 0 Å². The summed E-state index contributed by atoms with van der Waals surface area (Å²) in [5.41, 5.74) is 0.0220. The molecule has 0 aromatic carbocycles. The van der Waals surface area contributed by atoms with Crippen LogP contribution < -0.4 is 5.32 Å².